The molecule has 1 heterocycles. The highest BCUT2D eigenvalue weighted by Gasteiger charge is 2.48. The number of likely N-dealkylation sites (tertiary alicyclic amines) is 1. The van der Waals surface area contributed by atoms with Gasteiger partial charge in [0.2, 0.25) is 0 Å². The molecule has 1 aliphatic heterocycles. The van der Waals surface area contributed by atoms with Crippen molar-refractivity contribution < 1.29 is 19.4 Å². The van der Waals surface area contributed by atoms with Gasteiger partial charge in [-0.2, -0.15) is 0 Å². The van der Waals surface area contributed by atoms with E-state index in [-0.39, 0.29) is 12.5 Å². The summed E-state index contributed by atoms with van der Waals surface area (Å²) >= 11 is 0. The summed E-state index contributed by atoms with van der Waals surface area (Å²) in [6, 6.07) is 12.4. The van der Waals surface area contributed by atoms with Crippen LogP contribution in [0.1, 0.15) is 32.4 Å². The molecule has 0 aromatic heterocycles. The highest BCUT2D eigenvalue weighted by atomic mass is 16.6. The van der Waals surface area contributed by atoms with Gasteiger partial charge in [-0.05, 0) is 43.2 Å². The average molecular weight is 356 g/mol. The zero-order valence-corrected chi connectivity index (χ0v) is 15.2. The van der Waals surface area contributed by atoms with E-state index in [1.54, 1.807) is 31.7 Å². The van der Waals surface area contributed by atoms with Crippen LogP contribution < -0.4 is 5.73 Å². The summed E-state index contributed by atoms with van der Waals surface area (Å²) in [7, 11) is 0. The first-order valence-electron chi connectivity index (χ1n) is 8.63. The fraction of sp³-hybridized carbons (Fsp3) is 0.400. The third-order valence-corrected chi connectivity index (χ3v) is 4.57. The van der Waals surface area contributed by atoms with Crippen molar-refractivity contribution in [3.63, 3.8) is 0 Å². The number of ether oxygens (including phenoxy) is 1. The molecule has 0 saturated carbocycles. The van der Waals surface area contributed by atoms with Crippen LogP contribution in [0.5, 0.6) is 0 Å². The Balaban J connectivity index is 1.81. The van der Waals surface area contributed by atoms with E-state index < -0.39 is 29.7 Å². The Bertz CT molecular complexity index is 843. The van der Waals surface area contributed by atoms with Crippen LogP contribution >= 0.6 is 0 Å². The van der Waals surface area contributed by atoms with Gasteiger partial charge in [0, 0.05) is 6.54 Å². The van der Waals surface area contributed by atoms with Crippen molar-refractivity contribution in [3.05, 3.63) is 48.0 Å². The van der Waals surface area contributed by atoms with Gasteiger partial charge in [-0.15, -0.1) is 0 Å². The largest absolute Gasteiger partial charge is 0.480 e. The van der Waals surface area contributed by atoms with Crippen LogP contribution in [0.3, 0.4) is 0 Å². The quantitative estimate of drug-likeness (QED) is 0.818. The molecule has 0 amide bonds. The maximum Gasteiger partial charge on any atom is 0.325 e. The predicted octanol–water partition coefficient (Wildman–Crippen LogP) is 2.52. The van der Waals surface area contributed by atoms with E-state index in [1.807, 2.05) is 36.4 Å². The molecule has 1 aliphatic rings. The molecule has 0 unspecified atom stereocenters. The first-order valence-corrected chi connectivity index (χ1v) is 8.63. The molecular weight excluding hydrogens is 332 g/mol. The predicted molar refractivity (Wildman–Crippen MR) is 98.3 cm³/mol. The van der Waals surface area contributed by atoms with Crippen LogP contribution in [0.25, 0.3) is 10.8 Å². The fourth-order valence-corrected chi connectivity index (χ4v) is 3.27. The second-order valence-corrected chi connectivity index (χ2v) is 7.67. The van der Waals surface area contributed by atoms with Crippen LogP contribution in [0.2, 0.25) is 0 Å². The number of hydrogen-bond acceptors (Lipinski definition) is 5. The van der Waals surface area contributed by atoms with Crippen molar-refractivity contribution in [1.29, 1.82) is 0 Å². The van der Waals surface area contributed by atoms with Crippen molar-refractivity contribution in [2.45, 2.75) is 38.6 Å². The molecular formula is C20H24N2O4. The first kappa shape index (κ1) is 18.4. The lowest BCUT2D eigenvalue weighted by molar-refractivity contribution is -0.176. The van der Waals surface area contributed by atoms with Crippen LogP contribution in [0.15, 0.2) is 42.5 Å². The van der Waals surface area contributed by atoms with E-state index in [4.69, 9.17) is 10.5 Å². The average Bonchev–Trinajstić information content (AvgIpc) is 2.55. The summed E-state index contributed by atoms with van der Waals surface area (Å²) in [6.45, 7) is 5.64. The highest BCUT2D eigenvalue weighted by molar-refractivity contribution is 5.85. The number of rotatable bonds is 4. The van der Waals surface area contributed by atoms with Gasteiger partial charge in [0.05, 0.1) is 12.1 Å². The molecule has 6 heteroatoms. The van der Waals surface area contributed by atoms with Gasteiger partial charge in [0.15, 0.2) is 0 Å². The van der Waals surface area contributed by atoms with Gasteiger partial charge in [0.25, 0.3) is 0 Å². The molecule has 6 nitrogen and oxygen atoms in total. The molecule has 3 atom stereocenters. The molecule has 1 saturated heterocycles. The monoisotopic (exact) mass is 356 g/mol. The highest BCUT2D eigenvalue weighted by Crippen LogP contribution is 2.34. The molecule has 3 N–H and O–H groups in total. The summed E-state index contributed by atoms with van der Waals surface area (Å²) in [5, 5.41) is 11.8. The molecule has 138 valence electrons. The summed E-state index contributed by atoms with van der Waals surface area (Å²) < 4.78 is 5.37. The van der Waals surface area contributed by atoms with Crippen LogP contribution in [-0.4, -0.2) is 40.3 Å². The molecule has 26 heavy (non-hydrogen) atoms. The number of benzene rings is 2. The number of carboxylic acid groups (broad SMARTS) is 1. The Morgan fingerprint density at radius 3 is 2.42 bits per heavy atom. The van der Waals surface area contributed by atoms with Gasteiger partial charge in [-0.3, -0.25) is 14.5 Å². The topological polar surface area (TPSA) is 92.9 Å². The van der Waals surface area contributed by atoms with Gasteiger partial charge >= 0.3 is 11.9 Å². The fourth-order valence-electron chi connectivity index (χ4n) is 3.27. The second kappa shape index (κ2) is 6.70. The van der Waals surface area contributed by atoms with Crippen LogP contribution in [-0.2, 0) is 14.3 Å². The summed E-state index contributed by atoms with van der Waals surface area (Å²) in [5.74, 6) is -1.89. The van der Waals surface area contributed by atoms with E-state index in [1.165, 1.54) is 0 Å². The summed E-state index contributed by atoms with van der Waals surface area (Å²) in [6.07, 6.45) is -0.683. The van der Waals surface area contributed by atoms with Gasteiger partial charge < -0.3 is 15.6 Å². The molecule has 3 rings (SSSR count). The van der Waals surface area contributed by atoms with Gasteiger partial charge in [-0.1, -0.05) is 36.4 Å². The number of carboxylic acids is 1. The molecule has 0 spiro atoms. The van der Waals surface area contributed by atoms with Crippen LogP contribution in [0.4, 0.5) is 0 Å². The SMILES string of the molecule is CC(C)(C)OC(=O)[C@@H]1CN([C@H](C(=O)O)c2ccc3ccccc3c2)[C@H]1N. The van der Waals surface area contributed by atoms with Crippen molar-refractivity contribution >= 4 is 22.7 Å². The lowest BCUT2D eigenvalue weighted by atomic mass is 9.90. The zero-order valence-electron chi connectivity index (χ0n) is 15.2. The molecule has 2 aromatic rings. The maximum absolute atomic E-state index is 12.2. The number of carbonyl (C=O) groups is 2. The molecule has 0 bridgehead atoms. The minimum absolute atomic E-state index is 0.264. The molecule has 2 aromatic carbocycles. The summed E-state index contributed by atoms with van der Waals surface area (Å²) in [5.41, 5.74) is 6.19. The minimum Gasteiger partial charge on any atom is -0.480 e. The zero-order chi connectivity index (χ0) is 19.1. The van der Waals surface area contributed by atoms with Crippen molar-refractivity contribution in [1.82, 2.24) is 4.90 Å². The van der Waals surface area contributed by atoms with E-state index in [0.717, 1.165) is 10.8 Å². The normalized spacial score (nSPS) is 21.8. The number of hydrogen-bond donors (Lipinski definition) is 2. The molecule has 0 aliphatic carbocycles. The number of nitrogens with zero attached hydrogens (tertiary/aromatic N) is 1. The number of esters is 1. The van der Waals surface area contributed by atoms with E-state index in [9.17, 15) is 14.7 Å². The molecule has 1 fully saturated rings. The third-order valence-electron chi connectivity index (χ3n) is 4.57. The second-order valence-electron chi connectivity index (χ2n) is 7.67. The van der Waals surface area contributed by atoms with Gasteiger partial charge in [-0.25, -0.2) is 0 Å². The smallest absolute Gasteiger partial charge is 0.325 e. The Labute approximate surface area is 152 Å². The molecule has 0 radical (unpaired) electrons. The van der Waals surface area contributed by atoms with Crippen molar-refractivity contribution in [3.8, 4) is 0 Å². The number of aliphatic carboxylic acids is 1. The number of nitrogens with two attached hydrogens (primary N) is 1. The lowest BCUT2D eigenvalue weighted by Crippen LogP contribution is -2.66. The Kier molecular flexibility index (Phi) is 4.73. The van der Waals surface area contributed by atoms with Crippen LogP contribution in [0, 0.1) is 5.92 Å². The maximum atomic E-state index is 12.2. The third kappa shape index (κ3) is 3.57. The van der Waals surface area contributed by atoms with E-state index >= 15 is 0 Å². The minimum atomic E-state index is -0.988. The first-order chi connectivity index (χ1) is 12.2. The Hall–Kier alpha value is -2.44. The standard InChI is InChI=1S/C20H24N2O4/c1-20(2,3)26-19(25)15-11-22(17(15)21)16(18(23)24)14-9-8-12-6-4-5-7-13(12)10-14/h4-10,15-17H,11,21H2,1-3H3,(H,23,24)/t15-,16+,17-/m1/s1. The lowest BCUT2D eigenvalue weighted by Gasteiger charge is -2.47. The van der Waals surface area contributed by atoms with Gasteiger partial charge in [0.1, 0.15) is 11.6 Å². The Morgan fingerprint density at radius 2 is 1.85 bits per heavy atom. The van der Waals surface area contributed by atoms with Crippen molar-refractivity contribution in [2.75, 3.05) is 6.54 Å². The number of carbonyl (C=O) groups excluding carboxylic acids is 1. The Morgan fingerprint density at radius 1 is 1.19 bits per heavy atom. The van der Waals surface area contributed by atoms with E-state index in [0.29, 0.717) is 5.56 Å². The van der Waals surface area contributed by atoms with Crippen molar-refractivity contribution in [2.24, 2.45) is 11.7 Å². The van der Waals surface area contributed by atoms with E-state index in [2.05, 4.69) is 0 Å². The number of fused-ring (bicyclic) bond motifs is 1. The summed E-state index contributed by atoms with van der Waals surface area (Å²) in [4.78, 5) is 25.8.